The van der Waals surface area contributed by atoms with Gasteiger partial charge in [0.1, 0.15) is 5.82 Å². The molecule has 7 rings (SSSR count). The Kier molecular flexibility index (Phi) is 11.5. The number of halogens is 1. The van der Waals surface area contributed by atoms with Crippen molar-refractivity contribution >= 4 is 22.9 Å². The van der Waals surface area contributed by atoms with Crippen LogP contribution in [-0.2, 0) is 24.3 Å². The lowest BCUT2D eigenvalue weighted by atomic mass is 9.77. The average Bonchev–Trinajstić information content (AvgIpc) is 3.64. The topological polar surface area (TPSA) is 103 Å². The van der Waals surface area contributed by atoms with Crippen molar-refractivity contribution in [2.45, 2.75) is 58.2 Å². The normalized spacial score (nSPS) is 18.1. The van der Waals surface area contributed by atoms with E-state index in [9.17, 15) is 9.18 Å². The number of piperidine rings is 1. The highest BCUT2D eigenvalue weighted by molar-refractivity contribution is 5.85. The minimum atomic E-state index is -0.437. The third-order valence-corrected chi connectivity index (χ3v) is 10.8. The van der Waals surface area contributed by atoms with E-state index in [2.05, 4.69) is 51.2 Å². The number of nitrogens with zero attached hydrogens (tertiary/aromatic N) is 4. The second kappa shape index (κ2) is 16.2. The molecule has 0 spiro atoms. The molecule has 5 aromatic rings. The maximum absolute atomic E-state index is 14.4. The zero-order chi connectivity index (χ0) is 35.4. The molecule has 4 aromatic carbocycles. The minimum Gasteiger partial charge on any atom is -0.493 e. The van der Waals surface area contributed by atoms with Gasteiger partial charge in [0.2, 0.25) is 11.9 Å². The molecular weight excluding hydrogens is 657 g/mol. The molecule has 274 valence electrons. The van der Waals surface area contributed by atoms with Crippen LogP contribution in [0.4, 0.5) is 10.3 Å². The Morgan fingerprint density at radius 2 is 1.60 bits per heavy atom. The molecule has 3 N–H and O–H groups in total. The van der Waals surface area contributed by atoms with Crippen LogP contribution in [0.25, 0.3) is 11.0 Å². The molecule has 3 heterocycles. The van der Waals surface area contributed by atoms with Gasteiger partial charge in [-0.15, -0.1) is 0 Å². The van der Waals surface area contributed by atoms with Gasteiger partial charge in [-0.1, -0.05) is 60.7 Å². The second-order valence-electron chi connectivity index (χ2n) is 14.2. The summed E-state index contributed by atoms with van der Waals surface area (Å²) >= 11 is 0. The highest BCUT2D eigenvalue weighted by atomic mass is 19.1. The van der Waals surface area contributed by atoms with Gasteiger partial charge in [0.15, 0.2) is 11.5 Å². The van der Waals surface area contributed by atoms with Gasteiger partial charge in [-0.05, 0) is 98.2 Å². The van der Waals surface area contributed by atoms with E-state index in [-0.39, 0.29) is 23.2 Å². The van der Waals surface area contributed by atoms with Gasteiger partial charge < -0.3 is 34.6 Å². The van der Waals surface area contributed by atoms with Crippen molar-refractivity contribution in [3.05, 3.63) is 119 Å². The monoisotopic (exact) mass is 707 g/mol. The predicted molar refractivity (Wildman–Crippen MR) is 203 cm³/mol. The Morgan fingerprint density at radius 1 is 0.865 bits per heavy atom. The van der Waals surface area contributed by atoms with E-state index in [1.807, 2.05) is 54.3 Å². The predicted octanol–water partition coefficient (Wildman–Crippen LogP) is 6.65. The lowest BCUT2D eigenvalue weighted by Gasteiger charge is -2.35. The molecule has 0 bridgehead atoms. The number of carbonyl (C=O) groups is 1. The second-order valence-corrected chi connectivity index (χ2v) is 14.2. The molecule has 2 aliphatic heterocycles. The van der Waals surface area contributed by atoms with Crippen molar-refractivity contribution < 1.29 is 24.1 Å². The van der Waals surface area contributed by atoms with Crippen LogP contribution < -0.4 is 14.8 Å². The number of fused-ring (bicyclic) bond motifs is 1. The largest absolute Gasteiger partial charge is 0.493 e. The summed E-state index contributed by atoms with van der Waals surface area (Å²) < 4.78 is 27.0. The maximum atomic E-state index is 14.4. The molecule has 2 saturated heterocycles. The quantitative estimate of drug-likeness (QED) is 0.147. The van der Waals surface area contributed by atoms with E-state index in [1.54, 1.807) is 14.2 Å². The minimum absolute atomic E-state index is 0. The van der Waals surface area contributed by atoms with Crippen LogP contribution in [0.1, 0.15) is 47.9 Å². The van der Waals surface area contributed by atoms with Crippen LogP contribution in [0, 0.1) is 18.2 Å². The Bertz CT molecular complexity index is 1960. The fraction of sp³-hybridized carbons (Fsp3) is 0.381. The smallest absolute Gasteiger partial charge is 0.229 e. The van der Waals surface area contributed by atoms with Gasteiger partial charge in [0.05, 0.1) is 37.2 Å². The molecule has 2 aliphatic rings. The summed E-state index contributed by atoms with van der Waals surface area (Å²) in [6.45, 7) is 6.72. The third-order valence-electron chi connectivity index (χ3n) is 10.8. The number of likely N-dealkylation sites (tertiary alicyclic amines) is 2. The number of benzene rings is 4. The van der Waals surface area contributed by atoms with Crippen molar-refractivity contribution in [3.8, 4) is 11.5 Å². The zero-order valence-electron chi connectivity index (χ0n) is 30.4. The number of aryl methyl sites for hydroxylation is 1. The highest BCUT2D eigenvalue weighted by Crippen LogP contribution is 2.41. The third kappa shape index (κ3) is 7.93. The fourth-order valence-corrected chi connectivity index (χ4v) is 8.03. The number of hydrogen-bond acceptors (Lipinski definition) is 6. The first kappa shape index (κ1) is 36.8. The van der Waals surface area contributed by atoms with Gasteiger partial charge in [-0.3, -0.25) is 4.79 Å². The summed E-state index contributed by atoms with van der Waals surface area (Å²) in [5, 5.41) is 3.76. The number of rotatable bonds is 13. The van der Waals surface area contributed by atoms with E-state index in [1.165, 1.54) is 17.7 Å². The summed E-state index contributed by atoms with van der Waals surface area (Å²) in [7, 11) is 3.30. The molecule has 0 aliphatic carbocycles. The Labute approximate surface area is 305 Å². The van der Waals surface area contributed by atoms with Crippen molar-refractivity contribution in [1.82, 2.24) is 19.4 Å². The van der Waals surface area contributed by atoms with Crippen LogP contribution in [-0.4, -0.2) is 77.2 Å². The van der Waals surface area contributed by atoms with Crippen molar-refractivity contribution in [2.24, 2.45) is 5.41 Å². The molecular formula is C42H50FN5O4. The molecule has 2 fully saturated rings. The number of methoxy groups -OCH3 is 2. The first-order valence-electron chi connectivity index (χ1n) is 18.1. The van der Waals surface area contributed by atoms with Gasteiger partial charge in [0.25, 0.3) is 0 Å². The summed E-state index contributed by atoms with van der Waals surface area (Å²) in [5.41, 5.74) is 5.85. The first-order valence-corrected chi connectivity index (χ1v) is 18.1. The van der Waals surface area contributed by atoms with Crippen LogP contribution in [0.15, 0.2) is 91.0 Å². The maximum Gasteiger partial charge on any atom is 0.229 e. The van der Waals surface area contributed by atoms with Crippen molar-refractivity contribution in [2.75, 3.05) is 45.7 Å². The summed E-state index contributed by atoms with van der Waals surface area (Å²) in [6.07, 6.45) is 4.40. The summed E-state index contributed by atoms with van der Waals surface area (Å²) in [5.74, 6) is 2.29. The summed E-state index contributed by atoms with van der Waals surface area (Å²) in [6, 6.07) is 29.7. The van der Waals surface area contributed by atoms with Gasteiger partial charge in [-0.25, -0.2) is 9.37 Å². The molecule has 1 atom stereocenters. The van der Waals surface area contributed by atoms with E-state index in [4.69, 9.17) is 14.5 Å². The Balaban J connectivity index is 0.00000464. The average molecular weight is 708 g/mol. The number of anilines is 1. The van der Waals surface area contributed by atoms with Crippen LogP contribution in [0.5, 0.6) is 11.5 Å². The van der Waals surface area contributed by atoms with Crippen molar-refractivity contribution in [3.63, 3.8) is 0 Å². The molecule has 10 heteroatoms. The van der Waals surface area contributed by atoms with E-state index in [0.29, 0.717) is 18.8 Å². The Morgan fingerprint density at radius 3 is 2.33 bits per heavy atom. The zero-order valence-corrected chi connectivity index (χ0v) is 30.4. The number of carbonyl (C=O) groups excluding carboxylic acids is 1. The van der Waals surface area contributed by atoms with E-state index < -0.39 is 5.41 Å². The van der Waals surface area contributed by atoms with E-state index in [0.717, 1.165) is 97.7 Å². The summed E-state index contributed by atoms with van der Waals surface area (Å²) in [4.78, 5) is 23.9. The standard InChI is InChI=1S/C42H48FN5O3.H2O/c1-30-25-33(26-38(50-2)39(30)51-3)28-47-24-20-42(40(47)49,27-31-9-5-4-6-10-31)19-23-46-21-17-35(18-22-46)44-41-45-36-11-7-8-12-37(36)48(41)29-32-13-15-34(43)16-14-32;/h4-16,25-26,35H,17-24,27-29H2,1-3H3,(H,44,45);1H2. The lowest BCUT2D eigenvalue weighted by Crippen LogP contribution is -2.43. The lowest BCUT2D eigenvalue weighted by molar-refractivity contribution is -0.137. The van der Waals surface area contributed by atoms with Gasteiger partial charge >= 0.3 is 0 Å². The molecule has 52 heavy (non-hydrogen) atoms. The molecule has 1 amide bonds. The molecule has 1 aromatic heterocycles. The number of para-hydroxylation sites is 2. The number of hydrogen-bond donors (Lipinski definition) is 1. The SMILES string of the molecule is COc1cc(CN2CCC(CCN3CCC(Nc4nc5ccccc5n4Cc4ccc(F)cc4)CC3)(Cc3ccccc3)C2=O)cc(C)c1OC.O. The number of ether oxygens (including phenoxy) is 2. The van der Waals surface area contributed by atoms with E-state index >= 15 is 0 Å². The first-order chi connectivity index (χ1) is 24.8. The molecule has 9 nitrogen and oxygen atoms in total. The number of amides is 1. The number of nitrogens with one attached hydrogen (secondary N) is 1. The van der Waals surface area contributed by atoms with Crippen molar-refractivity contribution in [1.29, 1.82) is 0 Å². The Hall–Kier alpha value is -4.93. The van der Waals surface area contributed by atoms with Crippen LogP contribution in [0.2, 0.25) is 0 Å². The highest BCUT2D eigenvalue weighted by Gasteiger charge is 2.46. The van der Waals surface area contributed by atoms with Gasteiger partial charge in [0, 0.05) is 32.2 Å². The van der Waals surface area contributed by atoms with Gasteiger partial charge in [-0.2, -0.15) is 0 Å². The van der Waals surface area contributed by atoms with Crippen LogP contribution >= 0.6 is 0 Å². The molecule has 1 unspecified atom stereocenters. The molecule has 0 radical (unpaired) electrons. The molecule has 0 saturated carbocycles. The number of aromatic nitrogens is 2. The van der Waals surface area contributed by atoms with Crippen LogP contribution in [0.3, 0.4) is 0 Å². The number of imidazole rings is 1. The fourth-order valence-electron chi connectivity index (χ4n) is 8.03.